The first kappa shape index (κ1) is 20.1. The zero-order valence-corrected chi connectivity index (χ0v) is 17.8. The zero-order chi connectivity index (χ0) is 21.8. The predicted molar refractivity (Wildman–Crippen MR) is 120 cm³/mol. The number of nitrogens with zero attached hydrogens (tertiary/aromatic N) is 6. The number of nitrogens with one attached hydrogen (secondary N) is 1. The van der Waals surface area contributed by atoms with E-state index in [9.17, 15) is 4.79 Å². The molecule has 162 valence electrons. The Morgan fingerprint density at radius 1 is 1.03 bits per heavy atom. The molecule has 1 aliphatic heterocycles. The van der Waals surface area contributed by atoms with Gasteiger partial charge in [-0.05, 0) is 30.5 Å². The van der Waals surface area contributed by atoms with Gasteiger partial charge in [0.1, 0.15) is 11.5 Å². The molecule has 0 bridgehead atoms. The third kappa shape index (κ3) is 4.30. The molecule has 0 atom stereocenters. The highest BCUT2D eigenvalue weighted by Crippen LogP contribution is 2.22. The lowest BCUT2D eigenvalue weighted by atomic mass is 10.1. The topological polar surface area (TPSA) is 90.5 Å². The van der Waals surface area contributed by atoms with Crippen LogP contribution in [0.15, 0.2) is 61.1 Å². The molecule has 1 aromatic carbocycles. The lowest BCUT2D eigenvalue weighted by Gasteiger charge is -2.08. The summed E-state index contributed by atoms with van der Waals surface area (Å²) in [7, 11) is 0. The number of amides is 1. The normalized spacial score (nSPS) is 13.4. The molecular formula is C24H25N7O. The summed E-state index contributed by atoms with van der Waals surface area (Å²) in [5, 5.41) is 16.4. The average molecular weight is 428 g/mol. The molecule has 0 radical (unpaired) electrons. The van der Waals surface area contributed by atoms with Crippen molar-refractivity contribution in [3.05, 3.63) is 83.8 Å². The SMILES string of the molecule is O=C(NCc1nnc2n1CCCCC2)c1cn(Cc2ccccc2)nc1-c1cccnc1. The number of hydrogen-bond acceptors (Lipinski definition) is 5. The summed E-state index contributed by atoms with van der Waals surface area (Å²) in [5.41, 5.74) is 3.06. The Bertz CT molecular complexity index is 1200. The molecule has 32 heavy (non-hydrogen) atoms. The molecule has 8 nitrogen and oxygen atoms in total. The molecule has 8 heteroatoms. The van der Waals surface area contributed by atoms with Crippen LogP contribution in [-0.4, -0.2) is 35.4 Å². The number of rotatable bonds is 6. The fraction of sp³-hybridized carbons (Fsp3) is 0.292. The second-order valence-corrected chi connectivity index (χ2v) is 7.99. The summed E-state index contributed by atoms with van der Waals surface area (Å²) in [6.07, 6.45) is 9.63. The van der Waals surface area contributed by atoms with E-state index in [0.29, 0.717) is 24.3 Å². The van der Waals surface area contributed by atoms with Crippen LogP contribution >= 0.6 is 0 Å². The van der Waals surface area contributed by atoms with Crippen LogP contribution in [0.5, 0.6) is 0 Å². The van der Waals surface area contributed by atoms with Crippen molar-refractivity contribution in [2.24, 2.45) is 0 Å². The van der Waals surface area contributed by atoms with E-state index >= 15 is 0 Å². The van der Waals surface area contributed by atoms with Crippen LogP contribution in [0.2, 0.25) is 0 Å². The minimum atomic E-state index is -0.186. The number of benzene rings is 1. The van der Waals surface area contributed by atoms with Crippen LogP contribution in [0, 0.1) is 0 Å². The van der Waals surface area contributed by atoms with Crippen molar-refractivity contribution in [2.75, 3.05) is 0 Å². The van der Waals surface area contributed by atoms with Crippen LogP contribution in [0.4, 0.5) is 0 Å². The Hall–Kier alpha value is -3.81. The van der Waals surface area contributed by atoms with Gasteiger partial charge in [-0.3, -0.25) is 14.5 Å². The molecule has 4 aromatic rings. The van der Waals surface area contributed by atoms with Crippen molar-refractivity contribution in [2.45, 2.75) is 45.3 Å². The van der Waals surface area contributed by atoms with Crippen molar-refractivity contribution in [1.29, 1.82) is 0 Å². The fourth-order valence-corrected chi connectivity index (χ4v) is 4.09. The lowest BCUT2D eigenvalue weighted by molar-refractivity contribution is 0.0950. The van der Waals surface area contributed by atoms with Crippen LogP contribution in [-0.2, 0) is 26.1 Å². The molecule has 4 heterocycles. The van der Waals surface area contributed by atoms with Gasteiger partial charge in [-0.2, -0.15) is 5.10 Å². The number of fused-ring (bicyclic) bond motifs is 1. The largest absolute Gasteiger partial charge is 0.345 e. The van der Waals surface area contributed by atoms with Crippen LogP contribution in [0.25, 0.3) is 11.3 Å². The maximum absolute atomic E-state index is 13.2. The average Bonchev–Trinajstić information content (AvgIpc) is 3.35. The van der Waals surface area contributed by atoms with Crippen molar-refractivity contribution in [1.82, 2.24) is 34.8 Å². The van der Waals surface area contributed by atoms with E-state index in [2.05, 4.69) is 25.1 Å². The number of pyridine rings is 1. The zero-order valence-electron chi connectivity index (χ0n) is 17.8. The maximum Gasteiger partial charge on any atom is 0.255 e. The van der Waals surface area contributed by atoms with E-state index in [0.717, 1.165) is 48.6 Å². The van der Waals surface area contributed by atoms with Gasteiger partial charge in [0.2, 0.25) is 0 Å². The van der Waals surface area contributed by atoms with E-state index in [1.807, 2.05) is 42.5 Å². The first-order valence-corrected chi connectivity index (χ1v) is 11.0. The van der Waals surface area contributed by atoms with Crippen molar-refractivity contribution < 1.29 is 4.79 Å². The Morgan fingerprint density at radius 3 is 2.78 bits per heavy atom. The van der Waals surface area contributed by atoms with Gasteiger partial charge in [-0.15, -0.1) is 10.2 Å². The van der Waals surface area contributed by atoms with E-state index < -0.39 is 0 Å². The minimum absolute atomic E-state index is 0.186. The minimum Gasteiger partial charge on any atom is -0.345 e. The highest BCUT2D eigenvalue weighted by atomic mass is 16.1. The Labute approximate surface area is 186 Å². The van der Waals surface area contributed by atoms with Gasteiger partial charge in [-0.1, -0.05) is 36.8 Å². The fourth-order valence-electron chi connectivity index (χ4n) is 4.09. The first-order chi connectivity index (χ1) is 15.8. The molecule has 0 aliphatic carbocycles. The Balaban J connectivity index is 1.39. The molecule has 1 N–H and O–H groups in total. The van der Waals surface area contributed by atoms with Gasteiger partial charge in [0.05, 0.1) is 18.7 Å². The standard InChI is InChI=1S/C24H25N7O/c32-24(26-15-22-28-27-21-11-5-2-6-13-31(21)22)20-17-30(16-18-8-3-1-4-9-18)29-23(20)19-10-7-12-25-14-19/h1,3-4,7-10,12,14,17H,2,5-6,11,13,15-16H2,(H,26,32). The van der Waals surface area contributed by atoms with E-state index in [-0.39, 0.29) is 5.91 Å². The van der Waals surface area contributed by atoms with Gasteiger partial charge in [0, 0.05) is 37.1 Å². The van der Waals surface area contributed by atoms with Gasteiger partial charge in [0.25, 0.3) is 5.91 Å². The molecule has 3 aromatic heterocycles. The molecule has 0 saturated carbocycles. The summed E-state index contributed by atoms with van der Waals surface area (Å²) >= 11 is 0. The highest BCUT2D eigenvalue weighted by molar-refractivity contribution is 5.99. The molecule has 0 unspecified atom stereocenters. The van der Waals surface area contributed by atoms with Gasteiger partial charge < -0.3 is 9.88 Å². The van der Waals surface area contributed by atoms with Crippen molar-refractivity contribution in [3.8, 4) is 11.3 Å². The smallest absolute Gasteiger partial charge is 0.255 e. The first-order valence-electron chi connectivity index (χ1n) is 11.0. The van der Waals surface area contributed by atoms with Gasteiger partial charge in [-0.25, -0.2) is 0 Å². The van der Waals surface area contributed by atoms with Crippen molar-refractivity contribution in [3.63, 3.8) is 0 Å². The number of aromatic nitrogens is 6. The lowest BCUT2D eigenvalue weighted by Crippen LogP contribution is -2.25. The Kier molecular flexibility index (Phi) is 5.74. The summed E-state index contributed by atoms with van der Waals surface area (Å²) < 4.78 is 3.95. The quantitative estimate of drug-likeness (QED) is 0.510. The number of carbonyl (C=O) groups is 1. The van der Waals surface area contributed by atoms with Crippen molar-refractivity contribution >= 4 is 5.91 Å². The number of aryl methyl sites for hydroxylation is 1. The second kappa shape index (κ2) is 9.13. The van der Waals surface area contributed by atoms with Crippen LogP contribution in [0.1, 0.15) is 46.8 Å². The summed E-state index contributed by atoms with van der Waals surface area (Å²) in [6, 6.07) is 13.8. The van der Waals surface area contributed by atoms with Gasteiger partial charge >= 0.3 is 0 Å². The second-order valence-electron chi connectivity index (χ2n) is 7.99. The van der Waals surface area contributed by atoms with Gasteiger partial charge in [0.15, 0.2) is 5.82 Å². The summed E-state index contributed by atoms with van der Waals surface area (Å²) in [6.45, 7) is 1.82. The third-order valence-electron chi connectivity index (χ3n) is 5.72. The molecule has 0 fully saturated rings. The molecule has 5 rings (SSSR count). The monoisotopic (exact) mass is 427 g/mol. The molecule has 1 amide bonds. The third-order valence-corrected chi connectivity index (χ3v) is 5.72. The van der Waals surface area contributed by atoms with Crippen LogP contribution < -0.4 is 5.32 Å². The number of carbonyl (C=O) groups excluding carboxylic acids is 1. The molecule has 1 aliphatic rings. The highest BCUT2D eigenvalue weighted by Gasteiger charge is 2.20. The number of hydrogen-bond donors (Lipinski definition) is 1. The Morgan fingerprint density at radius 2 is 1.94 bits per heavy atom. The summed E-state index contributed by atoms with van der Waals surface area (Å²) in [4.78, 5) is 17.4. The predicted octanol–water partition coefficient (Wildman–Crippen LogP) is 3.24. The summed E-state index contributed by atoms with van der Waals surface area (Å²) in [5.74, 6) is 1.63. The van der Waals surface area contributed by atoms with Crippen LogP contribution in [0.3, 0.4) is 0 Å². The molecular weight excluding hydrogens is 402 g/mol. The van der Waals surface area contributed by atoms with E-state index in [4.69, 9.17) is 5.10 Å². The maximum atomic E-state index is 13.2. The molecule has 0 spiro atoms. The van der Waals surface area contributed by atoms with E-state index in [1.54, 1.807) is 23.3 Å². The van der Waals surface area contributed by atoms with E-state index in [1.165, 1.54) is 6.42 Å². The molecule has 0 saturated heterocycles.